The van der Waals surface area contributed by atoms with Crippen LogP contribution in [0.15, 0.2) is 61.2 Å². The Morgan fingerprint density at radius 3 is 2.08 bits per heavy atom. The van der Waals surface area contributed by atoms with Crippen LogP contribution in [0.25, 0.3) is 11.1 Å². The molecule has 1 saturated heterocycles. The van der Waals surface area contributed by atoms with Gasteiger partial charge in [-0.25, -0.2) is 0 Å². The molecule has 0 amide bonds. The van der Waals surface area contributed by atoms with Crippen LogP contribution in [0.5, 0.6) is 5.75 Å². The average molecular weight is 521 g/mol. The minimum Gasteiger partial charge on any atom is -0.494 e. The van der Waals surface area contributed by atoms with E-state index in [1.165, 1.54) is 81.8 Å². The van der Waals surface area contributed by atoms with Crippen molar-refractivity contribution in [3.63, 3.8) is 0 Å². The maximum atomic E-state index is 6.09. The van der Waals surface area contributed by atoms with E-state index in [0.717, 1.165) is 49.9 Å². The first-order valence-corrected chi connectivity index (χ1v) is 15.4. The van der Waals surface area contributed by atoms with Gasteiger partial charge in [0.2, 0.25) is 0 Å². The van der Waals surface area contributed by atoms with Gasteiger partial charge in [-0.2, -0.15) is 0 Å². The summed E-state index contributed by atoms with van der Waals surface area (Å²) >= 11 is 0. The van der Waals surface area contributed by atoms with Gasteiger partial charge in [0, 0.05) is 11.5 Å². The Bertz CT molecular complexity index is 865. The zero-order valence-corrected chi connectivity index (χ0v) is 24.2. The van der Waals surface area contributed by atoms with E-state index in [0.29, 0.717) is 5.92 Å². The van der Waals surface area contributed by atoms with E-state index in [-0.39, 0.29) is 6.29 Å². The van der Waals surface area contributed by atoms with Crippen LogP contribution in [0.4, 0.5) is 0 Å². The number of rotatable bonds is 19. The van der Waals surface area contributed by atoms with Gasteiger partial charge in [-0.15, -0.1) is 6.58 Å². The van der Waals surface area contributed by atoms with Crippen molar-refractivity contribution < 1.29 is 14.2 Å². The first kappa shape index (κ1) is 30.4. The molecule has 1 fully saturated rings. The molecule has 210 valence electrons. The summed E-state index contributed by atoms with van der Waals surface area (Å²) in [5.74, 6) is 2.33. The summed E-state index contributed by atoms with van der Waals surface area (Å²) in [6, 6.07) is 17.1. The molecule has 3 rings (SSSR count). The molecule has 38 heavy (non-hydrogen) atoms. The fraction of sp³-hybridized carbons (Fsp3) is 0.600. The van der Waals surface area contributed by atoms with Crippen molar-refractivity contribution in [3.8, 4) is 16.9 Å². The molecule has 1 aliphatic rings. The number of benzene rings is 2. The van der Waals surface area contributed by atoms with Crippen LogP contribution in [-0.4, -0.2) is 19.8 Å². The van der Waals surface area contributed by atoms with Crippen LogP contribution in [0, 0.1) is 11.8 Å². The van der Waals surface area contributed by atoms with Gasteiger partial charge in [0.25, 0.3) is 0 Å². The van der Waals surface area contributed by atoms with Gasteiger partial charge >= 0.3 is 0 Å². The molecule has 1 heterocycles. The van der Waals surface area contributed by atoms with E-state index in [2.05, 4.69) is 69.0 Å². The van der Waals surface area contributed by atoms with Crippen LogP contribution >= 0.6 is 0 Å². The summed E-state index contributed by atoms with van der Waals surface area (Å²) in [6.07, 6.45) is 18.4. The highest BCUT2D eigenvalue weighted by Gasteiger charge is 2.23. The molecule has 1 atom stereocenters. The summed E-state index contributed by atoms with van der Waals surface area (Å²) in [5, 5.41) is 0. The molecule has 1 unspecified atom stereocenters. The number of hydrogen-bond acceptors (Lipinski definition) is 3. The van der Waals surface area contributed by atoms with Crippen molar-refractivity contribution in [3.05, 3.63) is 66.7 Å². The van der Waals surface area contributed by atoms with E-state index < -0.39 is 0 Å². The second-order valence-corrected chi connectivity index (χ2v) is 11.2. The molecule has 0 saturated carbocycles. The summed E-state index contributed by atoms with van der Waals surface area (Å²) in [6.45, 7) is 10.8. The molecule has 0 bridgehead atoms. The van der Waals surface area contributed by atoms with Gasteiger partial charge in [0.05, 0.1) is 19.8 Å². The van der Waals surface area contributed by atoms with Crippen LogP contribution in [0.3, 0.4) is 0 Å². The van der Waals surface area contributed by atoms with Gasteiger partial charge in [0.15, 0.2) is 6.29 Å². The Labute approximate surface area is 233 Å². The highest BCUT2D eigenvalue weighted by Crippen LogP contribution is 2.30. The smallest absolute Gasteiger partial charge is 0.183 e. The largest absolute Gasteiger partial charge is 0.494 e. The third-order valence-electron chi connectivity index (χ3n) is 7.91. The third-order valence-corrected chi connectivity index (χ3v) is 7.91. The molecule has 2 aromatic rings. The molecule has 3 heteroatoms. The van der Waals surface area contributed by atoms with Crippen molar-refractivity contribution >= 4 is 0 Å². The maximum absolute atomic E-state index is 6.09. The predicted molar refractivity (Wildman–Crippen MR) is 161 cm³/mol. The second kappa shape index (κ2) is 18.2. The maximum Gasteiger partial charge on any atom is 0.183 e. The van der Waals surface area contributed by atoms with Crippen molar-refractivity contribution in [1.29, 1.82) is 0 Å². The summed E-state index contributed by atoms with van der Waals surface area (Å²) in [4.78, 5) is 0. The van der Waals surface area contributed by atoms with Gasteiger partial charge in [0.1, 0.15) is 5.75 Å². The lowest BCUT2D eigenvalue weighted by Gasteiger charge is -2.29. The van der Waals surface area contributed by atoms with Crippen molar-refractivity contribution in [1.82, 2.24) is 0 Å². The Hall–Kier alpha value is -2.10. The minimum absolute atomic E-state index is 0.244. The average Bonchev–Trinajstić information content (AvgIpc) is 2.97. The molecule has 1 aliphatic heterocycles. The molecular formula is C35H52O3. The van der Waals surface area contributed by atoms with E-state index in [4.69, 9.17) is 14.2 Å². The summed E-state index contributed by atoms with van der Waals surface area (Å²) in [5.41, 5.74) is 3.49. The quantitative estimate of drug-likeness (QED) is 0.136. The zero-order valence-electron chi connectivity index (χ0n) is 24.2. The Kier molecular flexibility index (Phi) is 14.6. The van der Waals surface area contributed by atoms with Gasteiger partial charge in [-0.1, -0.05) is 114 Å². The van der Waals surface area contributed by atoms with Gasteiger partial charge in [-0.05, 0) is 54.9 Å². The zero-order chi connectivity index (χ0) is 26.8. The molecule has 0 radical (unpaired) electrons. The lowest BCUT2D eigenvalue weighted by Crippen LogP contribution is -2.27. The first-order chi connectivity index (χ1) is 18.7. The van der Waals surface area contributed by atoms with E-state index in [1.54, 1.807) is 0 Å². The first-order valence-electron chi connectivity index (χ1n) is 15.4. The number of allylic oxidation sites excluding steroid dienone is 1. The standard InChI is InChI=1S/C35H52O3/c1-4-6-7-8-9-10-11-14-17-30-27-37-35(38-28-30)33-20-18-31(19-21-33)32-22-24-34(25-23-32)36-26-15-12-13-16-29(3)5-2/h4,18-25,29-30,35H,1,5-17,26-28H2,2-3H3. The Balaban J connectivity index is 1.31. The van der Waals surface area contributed by atoms with Crippen LogP contribution in [0.2, 0.25) is 0 Å². The highest BCUT2D eigenvalue weighted by atomic mass is 16.7. The lowest BCUT2D eigenvalue weighted by atomic mass is 10.00. The lowest BCUT2D eigenvalue weighted by molar-refractivity contribution is -0.206. The summed E-state index contributed by atoms with van der Waals surface area (Å²) in [7, 11) is 0. The van der Waals surface area contributed by atoms with Gasteiger partial charge in [-0.3, -0.25) is 0 Å². The molecule has 0 N–H and O–H groups in total. The van der Waals surface area contributed by atoms with Crippen molar-refractivity contribution in [2.45, 2.75) is 104 Å². The molecule has 0 aliphatic carbocycles. The minimum atomic E-state index is -0.244. The fourth-order valence-corrected chi connectivity index (χ4v) is 5.07. The SMILES string of the molecule is C=CCCCCCCCCC1COC(c2ccc(-c3ccc(OCCCCCC(C)CC)cc3)cc2)OC1. The number of ether oxygens (including phenoxy) is 3. The van der Waals surface area contributed by atoms with Crippen molar-refractivity contribution in [2.75, 3.05) is 19.8 Å². The topological polar surface area (TPSA) is 27.7 Å². The highest BCUT2D eigenvalue weighted by molar-refractivity contribution is 5.64. The van der Waals surface area contributed by atoms with Gasteiger partial charge < -0.3 is 14.2 Å². The summed E-state index contributed by atoms with van der Waals surface area (Å²) < 4.78 is 18.1. The van der Waals surface area contributed by atoms with Crippen LogP contribution in [-0.2, 0) is 9.47 Å². The van der Waals surface area contributed by atoms with E-state index >= 15 is 0 Å². The number of hydrogen-bond donors (Lipinski definition) is 0. The van der Waals surface area contributed by atoms with Crippen LogP contribution in [0.1, 0.15) is 109 Å². The molecular weight excluding hydrogens is 468 g/mol. The van der Waals surface area contributed by atoms with E-state index in [1.807, 2.05) is 6.08 Å². The number of unbranched alkanes of at least 4 members (excludes halogenated alkanes) is 8. The monoisotopic (exact) mass is 520 g/mol. The normalized spacial score (nSPS) is 18.3. The third kappa shape index (κ3) is 11.3. The van der Waals surface area contributed by atoms with E-state index in [9.17, 15) is 0 Å². The van der Waals surface area contributed by atoms with Crippen LogP contribution < -0.4 is 4.74 Å². The Morgan fingerprint density at radius 1 is 0.816 bits per heavy atom. The molecule has 0 spiro atoms. The second-order valence-electron chi connectivity index (χ2n) is 11.2. The molecule has 3 nitrogen and oxygen atoms in total. The molecule has 0 aromatic heterocycles. The van der Waals surface area contributed by atoms with Crippen molar-refractivity contribution in [2.24, 2.45) is 11.8 Å². The fourth-order valence-electron chi connectivity index (χ4n) is 5.07. The predicted octanol–water partition coefficient (Wildman–Crippen LogP) is 10.3. The molecule has 2 aromatic carbocycles. The Morgan fingerprint density at radius 2 is 1.42 bits per heavy atom.